The van der Waals surface area contributed by atoms with Crippen molar-refractivity contribution in [1.29, 1.82) is 0 Å². The molecule has 0 N–H and O–H groups in total. The maximum absolute atomic E-state index is 12.4. The maximum Gasteiger partial charge on any atom is 0.234 e. The molecular weight excluding hydrogens is 344 g/mol. The molecule has 1 aliphatic heterocycles. The fourth-order valence-electron chi connectivity index (χ4n) is 3.04. The van der Waals surface area contributed by atoms with E-state index in [0.717, 1.165) is 41.7 Å². The molecule has 0 aliphatic carbocycles. The van der Waals surface area contributed by atoms with Crippen LogP contribution in [0.2, 0.25) is 0 Å². The van der Waals surface area contributed by atoms with Gasteiger partial charge < -0.3 is 4.90 Å². The van der Waals surface area contributed by atoms with Gasteiger partial charge in [0, 0.05) is 43.4 Å². The van der Waals surface area contributed by atoms with Gasteiger partial charge >= 0.3 is 0 Å². The molecule has 24 heavy (non-hydrogen) atoms. The monoisotopic (exact) mass is 362 g/mol. The van der Waals surface area contributed by atoms with Crippen LogP contribution in [0.25, 0.3) is 4.96 Å². The Balaban J connectivity index is 1.30. The lowest BCUT2D eigenvalue weighted by molar-refractivity contribution is -0.132. The van der Waals surface area contributed by atoms with Crippen molar-refractivity contribution in [2.45, 2.75) is 38.5 Å². The lowest BCUT2D eigenvalue weighted by Crippen LogP contribution is -2.38. The van der Waals surface area contributed by atoms with E-state index in [1.54, 1.807) is 15.9 Å². The highest BCUT2D eigenvalue weighted by Gasteiger charge is 2.25. The van der Waals surface area contributed by atoms with Crippen LogP contribution in [-0.4, -0.2) is 48.7 Å². The Hall–Kier alpha value is -1.87. The highest BCUT2D eigenvalue weighted by Crippen LogP contribution is 2.29. The topological polar surface area (TPSA) is 76.3 Å². The van der Waals surface area contributed by atoms with Crippen molar-refractivity contribution in [1.82, 2.24) is 29.7 Å². The van der Waals surface area contributed by atoms with Gasteiger partial charge in [0.1, 0.15) is 5.01 Å². The summed E-state index contributed by atoms with van der Waals surface area (Å²) >= 11 is 3.22. The van der Waals surface area contributed by atoms with E-state index in [0.29, 0.717) is 18.8 Å². The van der Waals surface area contributed by atoms with Crippen molar-refractivity contribution in [2.24, 2.45) is 0 Å². The molecule has 0 bridgehead atoms. The molecule has 1 aliphatic rings. The Morgan fingerprint density at radius 3 is 2.88 bits per heavy atom. The van der Waals surface area contributed by atoms with Crippen molar-refractivity contribution >= 4 is 33.5 Å². The number of carbonyl (C=O) groups excluding carboxylic acids is 1. The molecule has 0 unspecified atom stereocenters. The van der Waals surface area contributed by atoms with Crippen LogP contribution >= 0.6 is 22.7 Å². The molecule has 7 nitrogen and oxygen atoms in total. The zero-order valence-corrected chi connectivity index (χ0v) is 15.0. The molecule has 3 aromatic heterocycles. The van der Waals surface area contributed by atoms with E-state index < -0.39 is 0 Å². The van der Waals surface area contributed by atoms with Crippen molar-refractivity contribution in [3.63, 3.8) is 0 Å². The van der Waals surface area contributed by atoms with Gasteiger partial charge in [-0.25, -0.2) is 4.98 Å². The zero-order chi connectivity index (χ0) is 16.5. The minimum Gasteiger partial charge on any atom is -0.343 e. The first-order chi connectivity index (χ1) is 11.7. The molecule has 0 saturated carbocycles. The van der Waals surface area contributed by atoms with E-state index in [-0.39, 0.29) is 5.91 Å². The summed E-state index contributed by atoms with van der Waals surface area (Å²) in [5, 5.41) is 16.7. The molecule has 0 atom stereocenters. The fourth-order valence-corrected chi connectivity index (χ4v) is 4.73. The maximum atomic E-state index is 12.4. The molecule has 9 heteroatoms. The van der Waals surface area contributed by atoms with Gasteiger partial charge in [0.05, 0.1) is 5.01 Å². The predicted octanol–water partition coefficient (Wildman–Crippen LogP) is 2.29. The number of aromatic nitrogens is 5. The standard InChI is InChI=1S/C15H18N6OS2/c1-10-17-18-15-21(10)19-12(24-15)2-3-13(22)20-7-4-11(5-8-20)14-16-6-9-23-14/h6,9,11H,2-5,7-8H2,1H3. The first kappa shape index (κ1) is 15.6. The van der Waals surface area contributed by atoms with E-state index >= 15 is 0 Å². The average molecular weight is 362 g/mol. The minimum absolute atomic E-state index is 0.218. The number of nitrogens with zero attached hydrogens (tertiary/aromatic N) is 6. The summed E-state index contributed by atoms with van der Waals surface area (Å²) in [4.78, 5) is 19.6. The molecule has 0 spiro atoms. The number of hydrogen-bond donors (Lipinski definition) is 0. The number of piperidine rings is 1. The van der Waals surface area contributed by atoms with Gasteiger partial charge in [-0.05, 0) is 19.8 Å². The molecule has 1 fully saturated rings. The number of aryl methyl sites for hydroxylation is 2. The van der Waals surface area contributed by atoms with Crippen LogP contribution in [-0.2, 0) is 11.2 Å². The highest BCUT2D eigenvalue weighted by molar-refractivity contribution is 7.16. The van der Waals surface area contributed by atoms with Gasteiger partial charge in [-0.2, -0.15) is 9.61 Å². The lowest BCUT2D eigenvalue weighted by atomic mass is 9.97. The van der Waals surface area contributed by atoms with Crippen LogP contribution in [0.3, 0.4) is 0 Å². The number of rotatable bonds is 4. The number of likely N-dealkylation sites (tertiary alicyclic amines) is 1. The zero-order valence-electron chi connectivity index (χ0n) is 13.4. The summed E-state index contributed by atoms with van der Waals surface area (Å²) in [7, 11) is 0. The summed E-state index contributed by atoms with van der Waals surface area (Å²) in [6.07, 6.45) is 5.05. The first-order valence-corrected chi connectivity index (χ1v) is 9.75. The third kappa shape index (κ3) is 3.05. The SMILES string of the molecule is Cc1nnc2sc(CCC(=O)N3CCC(c4nccs4)CC3)nn12. The lowest BCUT2D eigenvalue weighted by Gasteiger charge is -2.31. The van der Waals surface area contributed by atoms with Crippen LogP contribution in [0.5, 0.6) is 0 Å². The molecule has 1 saturated heterocycles. The van der Waals surface area contributed by atoms with Crippen LogP contribution in [0.15, 0.2) is 11.6 Å². The van der Waals surface area contributed by atoms with Gasteiger partial charge in [0.2, 0.25) is 10.9 Å². The minimum atomic E-state index is 0.218. The Morgan fingerprint density at radius 2 is 2.17 bits per heavy atom. The second kappa shape index (κ2) is 6.56. The summed E-state index contributed by atoms with van der Waals surface area (Å²) in [5.74, 6) is 1.51. The number of hydrogen-bond acceptors (Lipinski definition) is 7. The Bertz CT molecular complexity index is 832. The summed E-state index contributed by atoms with van der Waals surface area (Å²) in [6.45, 7) is 3.53. The Labute approximate surface area is 147 Å². The molecule has 4 heterocycles. The van der Waals surface area contributed by atoms with Gasteiger partial charge in [-0.1, -0.05) is 11.3 Å². The first-order valence-electron chi connectivity index (χ1n) is 8.05. The number of amides is 1. The smallest absolute Gasteiger partial charge is 0.234 e. The largest absolute Gasteiger partial charge is 0.343 e. The molecule has 3 aromatic rings. The molecule has 0 aromatic carbocycles. The summed E-state index contributed by atoms with van der Waals surface area (Å²) in [6, 6.07) is 0. The van der Waals surface area contributed by atoms with Crippen LogP contribution in [0, 0.1) is 6.92 Å². The van der Waals surface area contributed by atoms with Crippen molar-refractivity contribution in [3.05, 3.63) is 27.4 Å². The summed E-state index contributed by atoms with van der Waals surface area (Å²) in [5.41, 5.74) is 0. The van der Waals surface area contributed by atoms with Crippen molar-refractivity contribution in [3.8, 4) is 0 Å². The Kier molecular flexibility index (Phi) is 4.28. The molecule has 1 amide bonds. The molecule has 4 rings (SSSR count). The van der Waals surface area contributed by atoms with E-state index in [1.807, 2.05) is 23.4 Å². The quantitative estimate of drug-likeness (QED) is 0.712. The third-order valence-electron chi connectivity index (χ3n) is 4.39. The second-order valence-corrected chi connectivity index (χ2v) is 7.93. The highest BCUT2D eigenvalue weighted by atomic mass is 32.1. The summed E-state index contributed by atoms with van der Waals surface area (Å²) < 4.78 is 1.74. The van der Waals surface area contributed by atoms with Gasteiger partial charge in [-0.3, -0.25) is 4.79 Å². The van der Waals surface area contributed by atoms with Crippen molar-refractivity contribution in [2.75, 3.05) is 13.1 Å². The predicted molar refractivity (Wildman–Crippen MR) is 92.4 cm³/mol. The van der Waals surface area contributed by atoms with Crippen LogP contribution < -0.4 is 0 Å². The van der Waals surface area contributed by atoms with Crippen LogP contribution in [0.1, 0.15) is 41.0 Å². The fraction of sp³-hybridized carbons (Fsp3) is 0.533. The third-order valence-corrected chi connectivity index (χ3v) is 6.29. The van der Waals surface area contributed by atoms with Crippen LogP contribution in [0.4, 0.5) is 0 Å². The number of fused-ring (bicyclic) bond motifs is 1. The van der Waals surface area contributed by atoms with E-state index in [2.05, 4.69) is 20.3 Å². The normalized spacial score (nSPS) is 16.1. The van der Waals surface area contributed by atoms with Gasteiger partial charge in [-0.15, -0.1) is 21.5 Å². The van der Waals surface area contributed by atoms with Gasteiger partial charge in [0.15, 0.2) is 5.82 Å². The van der Waals surface area contributed by atoms with E-state index in [4.69, 9.17) is 0 Å². The average Bonchev–Trinajstić information content (AvgIpc) is 3.32. The number of thiazole rings is 1. The molecule has 126 valence electrons. The number of carbonyl (C=O) groups is 1. The molecular formula is C15H18N6OS2. The van der Waals surface area contributed by atoms with E-state index in [1.165, 1.54) is 16.3 Å². The van der Waals surface area contributed by atoms with Gasteiger partial charge in [0.25, 0.3) is 0 Å². The second-order valence-electron chi connectivity index (χ2n) is 5.96. The van der Waals surface area contributed by atoms with Crippen molar-refractivity contribution < 1.29 is 4.79 Å². The van der Waals surface area contributed by atoms with E-state index in [9.17, 15) is 4.79 Å². The molecule has 0 radical (unpaired) electrons. The Morgan fingerprint density at radius 1 is 1.33 bits per heavy atom.